The van der Waals surface area contributed by atoms with E-state index in [2.05, 4.69) is 4.98 Å². The van der Waals surface area contributed by atoms with Crippen molar-refractivity contribution >= 4 is 17.5 Å². The SMILES string of the molecule is COc1ccc(-c2nc(-c3ccncc3)nn2CCN(C(=O)CCc2ccco2)C2CCCC2)cc1Cl. The number of pyridine rings is 1. The van der Waals surface area contributed by atoms with Crippen molar-refractivity contribution in [1.82, 2.24) is 24.6 Å². The van der Waals surface area contributed by atoms with E-state index in [1.54, 1.807) is 25.8 Å². The zero-order valence-corrected chi connectivity index (χ0v) is 21.6. The van der Waals surface area contributed by atoms with Gasteiger partial charge in [-0.2, -0.15) is 5.10 Å². The summed E-state index contributed by atoms with van der Waals surface area (Å²) < 4.78 is 12.6. The lowest BCUT2D eigenvalue weighted by molar-refractivity contribution is -0.133. The molecule has 0 spiro atoms. The minimum Gasteiger partial charge on any atom is -0.495 e. The highest BCUT2D eigenvalue weighted by Gasteiger charge is 2.27. The Bertz CT molecular complexity index is 1320. The number of nitrogens with zero attached hydrogens (tertiary/aromatic N) is 5. The molecule has 0 aliphatic heterocycles. The fraction of sp³-hybridized carbons (Fsp3) is 0.357. The van der Waals surface area contributed by atoms with Gasteiger partial charge < -0.3 is 14.1 Å². The third-order valence-corrected chi connectivity index (χ3v) is 7.12. The number of aryl methyl sites for hydroxylation is 1. The molecule has 0 bridgehead atoms. The molecule has 3 heterocycles. The van der Waals surface area contributed by atoms with E-state index in [4.69, 9.17) is 30.8 Å². The number of amides is 1. The monoisotopic (exact) mass is 519 g/mol. The fourth-order valence-electron chi connectivity index (χ4n) is 4.90. The van der Waals surface area contributed by atoms with Crippen LogP contribution in [0.3, 0.4) is 0 Å². The van der Waals surface area contributed by atoms with Gasteiger partial charge in [0.15, 0.2) is 11.6 Å². The molecule has 1 aromatic carbocycles. The lowest BCUT2D eigenvalue weighted by Gasteiger charge is -2.29. The van der Waals surface area contributed by atoms with Gasteiger partial charge in [-0.3, -0.25) is 9.78 Å². The van der Waals surface area contributed by atoms with Gasteiger partial charge in [0.1, 0.15) is 11.5 Å². The van der Waals surface area contributed by atoms with E-state index in [1.165, 1.54) is 0 Å². The van der Waals surface area contributed by atoms with Crippen LogP contribution in [0, 0.1) is 0 Å². The van der Waals surface area contributed by atoms with Crippen LogP contribution >= 0.6 is 11.6 Å². The summed E-state index contributed by atoms with van der Waals surface area (Å²) in [6, 6.07) is 13.4. The Morgan fingerprint density at radius 1 is 1.16 bits per heavy atom. The van der Waals surface area contributed by atoms with Crippen LogP contribution in [0.4, 0.5) is 0 Å². The van der Waals surface area contributed by atoms with Crippen molar-refractivity contribution in [2.45, 2.75) is 51.1 Å². The standard InChI is InChI=1S/C28H30ClN5O3/c1-36-25-10-8-21(19-24(25)29)28-31-27(20-12-14-30-15-13-20)32-34(28)17-16-33(22-5-2-3-6-22)26(35)11-9-23-7-4-18-37-23/h4,7-8,10,12-15,18-19,22H,2-3,5-6,9,11,16-17H2,1H3. The van der Waals surface area contributed by atoms with E-state index >= 15 is 0 Å². The number of furan rings is 1. The molecule has 9 heteroatoms. The predicted molar refractivity (Wildman–Crippen MR) is 141 cm³/mol. The van der Waals surface area contributed by atoms with E-state index in [9.17, 15) is 4.79 Å². The van der Waals surface area contributed by atoms with Gasteiger partial charge in [0, 0.05) is 48.9 Å². The third-order valence-electron chi connectivity index (χ3n) is 6.82. The number of ether oxygens (including phenoxy) is 1. The van der Waals surface area contributed by atoms with Gasteiger partial charge >= 0.3 is 0 Å². The number of halogens is 1. The van der Waals surface area contributed by atoms with Gasteiger partial charge in [-0.15, -0.1) is 0 Å². The maximum atomic E-state index is 13.3. The number of rotatable bonds is 10. The molecule has 0 radical (unpaired) electrons. The minimum atomic E-state index is 0.145. The summed E-state index contributed by atoms with van der Waals surface area (Å²) in [4.78, 5) is 24.3. The minimum absolute atomic E-state index is 0.145. The second-order valence-corrected chi connectivity index (χ2v) is 9.58. The molecular formula is C28H30ClN5O3. The topological polar surface area (TPSA) is 86.3 Å². The molecule has 5 rings (SSSR count). The van der Waals surface area contributed by atoms with E-state index < -0.39 is 0 Å². The highest BCUT2D eigenvalue weighted by Crippen LogP contribution is 2.31. The van der Waals surface area contributed by atoms with Crippen molar-refractivity contribution < 1.29 is 13.9 Å². The van der Waals surface area contributed by atoms with Crippen molar-refractivity contribution in [3.05, 3.63) is 71.9 Å². The summed E-state index contributed by atoms with van der Waals surface area (Å²) in [6.07, 6.45) is 10.5. The highest BCUT2D eigenvalue weighted by atomic mass is 35.5. The molecule has 0 unspecified atom stereocenters. The maximum absolute atomic E-state index is 13.3. The van der Waals surface area contributed by atoms with Crippen LogP contribution in [0.1, 0.15) is 37.9 Å². The van der Waals surface area contributed by atoms with Crippen LogP contribution in [-0.2, 0) is 17.8 Å². The molecular weight excluding hydrogens is 490 g/mol. The molecule has 0 saturated heterocycles. The summed E-state index contributed by atoms with van der Waals surface area (Å²) >= 11 is 6.44. The molecule has 192 valence electrons. The molecule has 1 saturated carbocycles. The average molecular weight is 520 g/mol. The van der Waals surface area contributed by atoms with E-state index in [0.717, 1.165) is 42.6 Å². The fourth-order valence-corrected chi connectivity index (χ4v) is 5.16. The van der Waals surface area contributed by atoms with Crippen molar-refractivity contribution in [3.8, 4) is 28.5 Å². The summed E-state index contributed by atoms with van der Waals surface area (Å²) in [5.41, 5.74) is 1.70. The molecule has 1 fully saturated rings. The summed E-state index contributed by atoms with van der Waals surface area (Å²) in [6.45, 7) is 1.07. The molecule has 4 aromatic rings. The normalized spacial score (nSPS) is 13.7. The number of hydrogen-bond donors (Lipinski definition) is 0. The predicted octanol–water partition coefficient (Wildman–Crippen LogP) is 5.67. The Hall–Kier alpha value is -3.65. The first kappa shape index (κ1) is 25.0. The second kappa shape index (κ2) is 11.6. The molecule has 3 aromatic heterocycles. The van der Waals surface area contributed by atoms with Crippen molar-refractivity contribution in [2.75, 3.05) is 13.7 Å². The lowest BCUT2D eigenvalue weighted by atomic mass is 10.1. The van der Waals surface area contributed by atoms with Crippen molar-refractivity contribution in [1.29, 1.82) is 0 Å². The first-order valence-electron chi connectivity index (χ1n) is 12.6. The molecule has 8 nitrogen and oxygen atoms in total. The van der Waals surface area contributed by atoms with Crippen LogP contribution < -0.4 is 4.74 Å². The maximum Gasteiger partial charge on any atom is 0.223 e. The van der Waals surface area contributed by atoms with Gasteiger partial charge in [0.2, 0.25) is 5.91 Å². The smallest absolute Gasteiger partial charge is 0.223 e. The Labute approximate surface area is 221 Å². The van der Waals surface area contributed by atoms with Gasteiger partial charge in [-0.25, -0.2) is 9.67 Å². The number of benzene rings is 1. The van der Waals surface area contributed by atoms with Crippen LogP contribution in [0.25, 0.3) is 22.8 Å². The molecule has 1 aliphatic carbocycles. The number of aromatic nitrogens is 4. The Morgan fingerprint density at radius 2 is 1.97 bits per heavy atom. The third kappa shape index (κ3) is 5.85. The van der Waals surface area contributed by atoms with Crippen molar-refractivity contribution in [2.24, 2.45) is 0 Å². The van der Waals surface area contributed by atoms with Crippen LogP contribution in [0.15, 0.2) is 65.5 Å². The lowest BCUT2D eigenvalue weighted by Crippen LogP contribution is -2.41. The zero-order valence-electron chi connectivity index (χ0n) is 20.8. The Kier molecular flexibility index (Phi) is 7.84. The van der Waals surface area contributed by atoms with Crippen LogP contribution in [0.5, 0.6) is 5.75 Å². The van der Waals surface area contributed by atoms with Gasteiger partial charge in [-0.1, -0.05) is 24.4 Å². The zero-order chi connectivity index (χ0) is 25.6. The number of hydrogen-bond acceptors (Lipinski definition) is 6. The van der Waals surface area contributed by atoms with Gasteiger partial charge in [0.25, 0.3) is 0 Å². The van der Waals surface area contributed by atoms with E-state index in [1.807, 2.05) is 52.0 Å². The average Bonchev–Trinajstić information content (AvgIpc) is 3.71. The molecule has 37 heavy (non-hydrogen) atoms. The first-order chi connectivity index (χ1) is 18.1. The van der Waals surface area contributed by atoms with E-state index in [0.29, 0.717) is 48.4 Å². The molecule has 0 atom stereocenters. The first-order valence-corrected chi connectivity index (χ1v) is 13.0. The molecule has 1 aliphatic rings. The van der Waals surface area contributed by atoms with Crippen LogP contribution in [-0.4, -0.2) is 50.3 Å². The molecule has 1 amide bonds. The largest absolute Gasteiger partial charge is 0.495 e. The summed E-state index contributed by atoms with van der Waals surface area (Å²) in [5.74, 6) is 2.86. The number of carbonyl (C=O) groups excluding carboxylic acids is 1. The van der Waals surface area contributed by atoms with E-state index in [-0.39, 0.29) is 11.9 Å². The van der Waals surface area contributed by atoms with Gasteiger partial charge in [0.05, 0.1) is 24.9 Å². The van der Waals surface area contributed by atoms with Crippen LogP contribution in [0.2, 0.25) is 5.02 Å². The number of methoxy groups -OCH3 is 1. The second-order valence-electron chi connectivity index (χ2n) is 9.17. The number of carbonyl (C=O) groups is 1. The van der Waals surface area contributed by atoms with Gasteiger partial charge in [-0.05, 0) is 55.3 Å². The quantitative estimate of drug-likeness (QED) is 0.268. The Balaban J connectivity index is 1.41. The summed E-state index contributed by atoms with van der Waals surface area (Å²) in [5, 5.41) is 5.32. The Morgan fingerprint density at radius 3 is 2.68 bits per heavy atom. The molecule has 0 N–H and O–H groups in total. The van der Waals surface area contributed by atoms with Crippen molar-refractivity contribution in [3.63, 3.8) is 0 Å². The summed E-state index contributed by atoms with van der Waals surface area (Å²) in [7, 11) is 1.59. The highest BCUT2D eigenvalue weighted by molar-refractivity contribution is 6.32.